The molecule has 1 N–H and O–H groups in total. The Hall–Kier alpha value is -1.45. The highest BCUT2D eigenvalue weighted by Gasteiger charge is 1.99. The fourth-order valence-electron chi connectivity index (χ4n) is 0.797. The standard InChI is InChI=1S/C8H11N3O/c1-2-3-8(12)11-7-4-5-9-6-10-7/h4-6H,2-3H2,1H3,(H,9,10,11,12). The Morgan fingerprint density at radius 3 is 3.08 bits per heavy atom. The molecule has 1 heterocycles. The zero-order valence-corrected chi connectivity index (χ0v) is 6.95. The lowest BCUT2D eigenvalue weighted by Gasteiger charge is -2.00. The number of aromatic nitrogens is 2. The quantitative estimate of drug-likeness (QED) is 0.732. The monoisotopic (exact) mass is 165 g/mol. The van der Waals surface area contributed by atoms with Crippen molar-refractivity contribution in [2.75, 3.05) is 5.32 Å². The molecule has 0 atom stereocenters. The zero-order chi connectivity index (χ0) is 8.81. The molecule has 1 aromatic rings. The summed E-state index contributed by atoms with van der Waals surface area (Å²) >= 11 is 0. The van der Waals surface area contributed by atoms with Gasteiger partial charge < -0.3 is 5.32 Å². The molecule has 0 spiro atoms. The largest absolute Gasteiger partial charge is 0.311 e. The minimum Gasteiger partial charge on any atom is -0.311 e. The van der Waals surface area contributed by atoms with Gasteiger partial charge in [-0.25, -0.2) is 9.97 Å². The Balaban J connectivity index is 2.47. The molecular weight excluding hydrogens is 154 g/mol. The molecule has 1 rings (SSSR count). The molecule has 0 bridgehead atoms. The summed E-state index contributed by atoms with van der Waals surface area (Å²) in [6.07, 6.45) is 4.37. The second-order valence-corrected chi connectivity index (χ2v) is 2.39. The third kappa shape index (κ3) is 2.65. The normalized spacial score (nSPS) is 9.42. The first-order chi connectivity index (χ1) is 5.83. The molecule has 4 nitrogen and oxygen atoms in total. The lowest BCUT2D eigenvalue weighted by Crippen LogP contribution is -2.11. The first-order valence-corrected chi connectivity index (χ1v) is 3.88. The van der Waals surface area contributed by atoms with E-state index in [1.165, 1.54) is 6.33 Å². The number of rotatable bonds is 3. The van der Waals surface area contributed by atoms with Crippen LogP contribution in [0.2, 0.25) is 0 Å². The van der Waals surface area contributed by atoms with Gasteiger partial charge in [0.15, 0.2) is 0 Å². The summed E-state index contributed by atoms with van der Waals surface area (Å²) in [7, 11) is 0. The van der Waals surface area contributed by atoms with Crippen LogP contribution in [0.5, 0.6) is 0 Å². The van der Waals surface area contributed by atoms with Crippen LogP contribution in [0.4, 0.5) is 5.82 Å². The highest BCUT2D eigenvalue weighted by molar-refractivity contribution is 5.89. The molecule has 1 amide bonds. The van der Waals surface area contributed by atoms with Crippen LogP contribution in [-0.4, -0.2) is 15.9 Å². The Morgan fingerprint density at radius 2 is 2.50 bits per heavy atom. The molecule has 0 aromatic carbocycles. The number of hydrogen-bond acceptors (Lipinski definition) is 3. The summed E-state index contributed by atoms with van der Waals surface area (Å²) in [5, 5.41) is 2.65. The van der Waals surface area contributed by atoms with Crippen molar-refractivity contribution in [1.82, 2.24) is 9.97 Å². The van der Waals surface area contributed by atoms with Crippen molar-refractivity contribution in [2.45, 2.75) is 19.8 Å². The number of hydrogen-bond donors (Lipinski definition) is 1. The number of carbonyl (C=O) groups excluding carboxylic acids is 1. The first kappa shape index (κ1) is 8.64. The summed E-state index contributed by atoms with van der Waals surface area (Å²) in [6.45, 7) is 1.96. The van der Waals surface area contributed by atoms with Crippen LogP contribution >= 0.6 is 0 Å². The lowest BCUT2D eigenvalue weighted by molar-refractivity contribution is -0.116. The maximum Gasteiger partial charge on any atom is 0.225 e. The minimum absolute atomic E-state index is 0.00352. The van der Waals surface area contributed by atoms with Gasteiger partial charge in [-0.05, 0) is 12.5 Å². The fourth-order valence-corrected chi connectivity index (χ4v) is 0.797. The molecule has 64 valence electrons. The first-order valence-electron chi connectivity index (χ1n) is 3.88. The number of amides is 1. The molecular formula is C8H11N3O. The van der Waals surface area contributed by atoms with Gasteiger partial charge in [-0.15, -0.1) is 0 Å². The van der Waals surface area contributed by atoms with E-state index >= 15 is 0 Å². The van der Waals surface area contributed by atoms with Crippen molar-refractivity contribution in [3.05, 3.63) is 18.6 Å². The van der Waals surface area contributed by atoms with E-state index in [0.29, 0.717) is 12.2 Å². The zero-order valence-electron chi connectivity index (χ0n) is 6.95. The summed E-state index contributed by atoms with van der Waals surface area (Å²) in [5.74, 6) is 0.555. The van der Waals surface area contributed by atoms with E-state index in [1.807, 2.05) is 6.92 Å². The van der Waals surface area contributed by atoms with E-state index in [2.05, 4.69) is 15.3 Å². The topological polar surface area (TPSA) is 54.9 Å². The minimum atomic E-state index is -0.00352. The van der Waals surface area contributed by atoms with E-state index in [-0.39, 0.29) is 5.91 Å². The third-order valence-electron chi connectivity index (χ3n) is 1.33. The molecule has 0 aliphatic heterocycles. The SMILES string of the molecule is CCCC(=O)Nc1ccncn1. The van der Waals surface area contributed by atoms with Gasteiger partial charge in [-0.1, -0.05) is 6.92 Å². The summed E-state index contributed by atoms with van der Waals surface area (Å²) in [5.41, 5.74) is 0. The van der Waals surface area contributed by atoms with Crippen LogP contribution in [0, 0.1) is 0 Å². The van der Waals surface area contributed by atoms with Gasteiger partial charge in [0, 0.05) is 12.6 Å². The number of carbonyl (C=O) groups is 1. The second kappa shape index (κ2) is 4.43. The number of anilines is 1. The van der Waals surface area contributed by atoms with Gasteiger partial charge in [0.2, 0.25) is 5.91 Å². The molecule has 1 aromatic heterocycles. The van der Waals surface area contributed by atoms with Crippen molar-refractivity contribution in [1.29, 1.82) is 0 Å². The Kier molecular flexibility index (Phi) is 3.19. The average molecular weight is 165 g/mol. The second-order valence-electron chi connectivity index (χ2n) is 2.39. The summed E-state index contributed by atoms with van der Waals surface area (Å²) in [4.78, 5) is 18.6. The number of nitrogens with one attached hydrogen (secondary N) is 1. The molecule has 0 saturated heterocycles. The molecule has 0 aliphatic rings. The van der Waals surface area contributed by atoms with Crippen LogP contribution < -0.4 is 5.32 Å². The summed E-state index contributed by atoms with van der Waals surface area (Å²) in [6, 6.07) is 1.66. The van der Waals surface area contributed by atoms with Crippen LogP contribution in [0.3, 0.4) is 0 Å². The van der Waals surface area contributed by atoms with Gasteiger partial charge in [0.05, 0.1) is 0 Å². The van der Waals surface area contributed by atoms with Crippen LogP contribution in [-0.2, 0) is 4.79 Å². The van der Waals surface area contributed by atoms with Crippen molar-refractivity contribution < 1.29 is 4.79 Å². The van der Waals surface area contributed by atoms with Gasteiger partial charge in [-0.3, -0.25) is 4.79 Å². The maximum atomic E-state index is 11.0. The molecule has 0 fully saturated rings. The van der Waals surface area contributed by atoms with Crippen molar-refractivity contribution in [3.63, 3.8) is 0 Å². The third-order valence-corrected chi connectivity index (χ3v) is 1.33. The average Bonchev–Trinajstić information content (AvgIpc) is 2.06. The van der Waals surface area contributed by atoms with Crippen LogP contribution in [0.25, 0.3) is 0 Å². The highest BCUT2D eigenvalue weighted by atomic mass is 16.1. The van der Waals surface area contributed by atoms with E-state index in [4.69, 9.17) is 0 Å². The van der Waals surface area contributed by atoms with E-state index in [9.17, 15) is 4.79 Å². The molecule has 0 radical (unpaired) electrons. The van der Waals surface area contributed by atoms with Crippen molar-refractivity contribution in [2.24, 2.45) is 0 Å². The van der Waals surface area contributed by atoms with Gasteiger partial charge in [0.25, 0.3) is 0 Å². The number of nitrogens with zero attached hydrogens (tertiary/aromatic N) is 2. The predicted molar refractivity (Wildman–Crippen MR) is 45.6 cm³/mol. The lowest BCUT2D eigenvalue weighted by atomic mass is 10.3. The van der Waals surface area contributed by atoms with Crippen LogP contribution in [0.1, 0.15) is 19.8 Å². The molecule has 0 saturated carbocycles. The van der Waals surface area contributed by atoms with Crippen molar-refractivity contribution >= 4 is 11.7 Å². The fraction of sp³-hybridized carbons (Fsp3) is 0.375. The Bertz CT molecular complexity index is 248. The Morgan fingerprint density at radius 1 is 1.67 bits per heavy atom. The highest BCUT2D eigenvalue weighted by Crippen LogP contribution is 1.99. The van der Waals surface area contributed by atoms with Gasteiger partial charge in [0.1, 0.15) is 12.1 Å². The molecule has 0 unspecified atom stereocenters. The van der Waals surface area contributed by atoms with Crippen LogP contribution in [0.15, 0.2) is 18.6 Å². The maximum absolute atomic E-state index is 11.0. The van der Waals surface area contributed by atoms with Gasteiger partial charge in [-0.2, -0.15) is 0 Å². The van der Waals surface area contributed by atoms with E-state index < -0.39 is 0 Å². The van der Waals surface area contributed by atoms with E-state index in [0.717, 1.165) is 6.42 Å². The van der Waals surface area contributed by atoms with E-state index in [1.54, 1.807) is 12.3 Å². The molecule has 12 heavy (non-hydrogen) atoms. The molecule has 4 heteroatoms. The van der Waals surface area contributed by atoms with Crippen molar-refractivity contribution in [3.8, 4) is 0 Å². The predicted octanol–water partition coefficient (Wildman–Crippen LogP) is 1.22. The Labute approximate surface area is 71.0 Å². The summed E-state index contributed by atoms with van der Waals surface area (Å²) < 4.78 is 0. The molecule has 0 aliphatic carbocycles. The van der Waals surface area contributed by atoms with Gasteiger partial charge >= 0.3 is 0 Å². The smallest absolute Gasteiger partial charge is 0.225 e.